The molecule has 0 saturated carbocycles. The predicted octanol–water partition coefficient (Wildman–Crippen LogP) is 2.54. The van der Waals surface area contributed by atoms with Gasteiger partial charge in [0.25, 0.3) is 5.91 Å². The Balaban J connectivity index is 2.26. The first-order valence-electron chi connectivity index (χ1n) is 5.59. The number of aromatic nitrogens is 2. The highest BCUT2D eigenvalue weighted by atomic mass is 127. The van der Waals surface area contributed by atoms with E-state index in [1.165, 1.54) is 6.20 Å². The van der Waals surface area contributed by atoms with E-state index in [1.807, 2.05) is 19.1 Å². The number of carbonyl (C=O) groups excluding carboxylic acids is 1. The Morgan fingerprint density at radius 1 is 1.37 bits per heavy atom. The third kappa shape index (κ3) is 3.40. The molecule has 0 aliphatic rings. The number of nitrogens with zero attached hydrogens (tertiary/aromatic N) is 2. The van der Waals surface area contributed by atoms with Crippen LogP contribution in [-0.2, 0) is 0 Å². The van der Waals surface area contributed by atoms with Gasteiger partial charge in [-0.25, -0.2) is 4.98 Å². The molecule has 2 aromatic heterocycles. The molecule has 0 radical (unpaired) electrons. The van der Waals surface area contributed by atoms with Crippen molar-refractivity contribution in [2.24, 2.45) is 0 Å². The topological polar surface area (TPSA) is 64.1 Å². The summed E-state index contributed by atoms with van der Waals surface area (Å²) in [7, 11) is 1.56. The monoisotopic (exact) mass is 369 g/mol. The van der Waals surface area contributed by atoms with Gasteiger partial charge in [-0.3, -0.25) is 9.78 Å². The van der Waals surface area contributed by atoms with Crippen molar-refractivity contribution in [1.82, 2.24) is 15.3 Å². The second-order valence-electron chi connectivity index (χ2n) is 3.78. The van der Waals surface area contributed by atoms with Crippen LogP contribution in [0.15, 0.2) is 30.5 Å². The minimum atomic E-state index is -0.247. The molecule has 1 N–H and O–H groups in total. The number of hydrogen-bond donors (Lipinski definition) is 1. The smallest absolute Gasteiger partial charge is 0.269 e. The molecule has 0 aliphatic heterocycles. The lowest BCUT2D eigenvalue weighted by Crippen LogP contribution is -2.18. The molecule has 0 fully saturated rings. The van der Waals surface area contributed by atoms with Gasteiger partial charge in [-0.1, -0.05) is 0 Å². The van der Waals surface area contributed by atoms with Gasteiger partial charge in [0.2, 0.25) is 0 Å². The second-order valence-corrected chi connectivity index (χ2v) is 4.88. The predicted molar refractivity (Wildman–Crippen MR) is 79.4 cm³/mol. The quantitative estimate of drug-likeness (QED) is 0.667. The Morgan fingerprint density at radius 2 is 2.16 bits per heavy atom. The summed E-state index contributed by atoms with van der Waals surface area (Å²) in [5, 5.41) is 2.52. The highest BCUT2D eigenvalue weighted by Gasteiger charge is 2.08. The van der Waals surface area contributed by atoms with Crippen LogP contribution in [0.5, 0.6) is 11.5 Å². The van der Waals surface area contributed by atoms with Gasteiger partial charge in [0, 0.05) is 19.3 Å². The van der Waals surface area contributed by atoms with Crippen LogP contribution in [0.3, 0.4) is 0 Å². The minimum Gasteiger partial charge on any atom is -0.455 e. The van der Waals surface area contributed by atoms with Crippen LogP contribution in [0.1, 0.15) is 16.2 Å². The normalized spacial score (nSPS) is 10.1. The van der Waals surface area contributed by atoms with Crippen molar-refractivity contribution in [3.63, 3.8) is 0 Å². The summed E-state index contributed by atoms with van der Waals surface area (Å²) in [5.41, 5.74) is 1.11. The van der Waals surface area contributed by atoms with Gasteiger partial charge in [0.05, 0.1) is 5.69 Å². The molecular formula is C13H12IN3O2. The summed E-state index contributed by atoms with van der Waals surface area (Å²) in [6.07, 6.45) is 1.54. The number of rotatable bonds is 3. The fourth-order valence-electron chi connectivity index (χ4n) is 1.48. The maximum Gasteiger partial charge on any atom is 0.269 e. The van der Waals surface area contributed by atoms with E-state index in [0.717, 1.165) is 9.39 Å². The van der Waals surface area contributed by atoms with Crippen molar-refractivity contribution in [2.75, 3.05) is 7.05 Å². The lowest BCUT2D eigenvalue weighted by Gasteiger charge is -2.09. The molecule has 0 atom stereocenters. The fourth-order valence-corrected chi connectivity index (χ4v) is 2.02. The van der Waals surface area contributed by atoms with E-state index in [-0.39, 0.29) is 5.91 Å². The third-order valence-electron chi connectivity index (χ3n) is 2.42. The molecule has 2 aromatic rings. The van der Waals surface area contributed by atoms with Crippen LogP contribution in [0.25, 0.3) is 0 Å². The standard InChI is InChI=1S/C13H12IN3O2/c1-8-11(3-4-12(14)17-8)19-9-5-6-16-10(7-9)13(18)15-2/h3-7H,1-2H3,(H,15,18). The van der Waals surface area contributed by atoms with E-state index < -0.39 is 0 Å². The van der Waals surface area contributed by atoms with Crippen molar-refractivity contribution in [2.45, 2.75) is 6.92 Å². The Hall–Kier alpha value is -1.70. The molecule has 2 heterocycles. The summed E-state index contributed by atoms with van der Waals surface area (Å²) < 4.78 is 6.62. The van der Waals surface area contributed by atoms with Gasteiger partial charge in [0.15, 0.2) is 0 Å². The van der Waals surface area contributed by atoms with E-state index in [9.17, 15) is 4.79 Å². The van der Waals surface area contributed by atoms with E-state index in [2.05, 4.69) is 37.9 Å². The highest BCUT2D eigenvalue weighted by Crippen LogP contribution is 2.24. The Labute approximate surface area is 124 Å². The van der Waals surface area contributed by atoms with Crippen molar-refractivity contribution in [3.05, 3.63) is 45.6 Å². The lowest BCUT2D eigenvalue weighted by atomic mass is 10.3. The maximum absolute atomic E-state index is 11.5. The molecule has 6 heteroatoms. The van der Waals surface area contributed by atoms with Crippen LogP contribution in [-0.4, -0.2) is 22.9 Å². The summed E-state index contributed by atoms with van der Waals surface area (Å²) in [4.78, 5) is 19.8. The number of carbonyl (C=O) groups is 1. The molecule has 1 amide bonds. The van der Waals surface area contributed by atoms with Gasteiger partial charge in [-0.05, 0) is 47.7 Å². The van der Waals surface area contributed by atoms with Crippen LogP contribution in [0, 0.1) is 10.6 Å². The number of pyridine rings is 2. The van der Waals surface area contributed by atoms with Gasteiger partial charge >= 0.3 is 0 Å². The molecule has 0 aromatic carbocycles. The van der Waals surface area contributed by atoms with Crippen molar-refractivity contribution < 1.29 is 9.53 Å². The Morgan fingerprint density at radius 3 is 2.84 bits per heavy atom. The van der Waals surface area contributed by atoms with Crippen LogP contribution >= 0.6 is 22.6 Å². The van der Waals surface area contributed by atoms with E-state index in [1.54, 1.807) is 19.2 Å². The average Bonchev–Trinajstić information content (AvgIpc) is 2.41. The number of hydrogen-bond acceptors (Lipinski definition) is 4. The van der Waals surface area contributed by atoms with Crippen molar-refractivity contribution in [3.8, 4) is 11.5 Å². The summed E-state index contributed by atoms with van der Waals surface area (Å²) in [6, 6.07) is 7.01. The van der Waals surface area contributed by atoms with Gasteiger partial charge in [-0.2, -0.15) is 0 Å². The highest BCUT2D eigenvalue weighted by molar-refractivity contribution is 14.1. The number of aryl methyl sites for hydroxylation is 1. The summed E-state index contributed by atoms with van der Waals surface area (Å²) in [5.74, 6) is 0.970. The SMILES string of the molecule is CNC(=O)c1cc(Oc2ccc(I)nc2C)ccn1. The molecule has 98 valence electrons. The van der Waals surface area contributed by atoms with Crippen LogP contribution in [0.4, 0.5) is 0 Å². The zero-order chi connectivity index (χ0) is 13.8. The molecule has 0 spiro atoms. The van der Waals surface area contributed by atoms with Crippen molar-refractivity contribution >= 4 is 28.5 Å². The molecule has 19 heavy (non-hydrogen) atoms. The first kappa shape index (κ1) is 13.7. The third-order valence-corrected chi connectivity index (χ3v) is 3.02. The Kier molecular flexibility index (Phi) is 4.31. The molecular weight excluding hydrogens is 357 g/mol. The first-order valence-corrected chi connectivity index (χ1v) is 6.67. The second kappa shape index (κ2) is 5.96. The number of ether oxygens (including phenoxy) is 1. The van der Waals surface area contributed by atoms with Gasteiger partial charge in [0.1, 0.15) is 20.9 Å². The fraction of sp³-hybridized carbons (Fsp3) is 0.154. The van der Waals surface area contributed by atoms with E-state index in [0.29, 0.717) is 17.2 Å². The lowest BCUT2D eigenvalue weighted by molar-refractivity contribution is 0.0958. The average molecular weight is 369 g/mol. The largest absolute Gasteiger partial charge is 0.455 e. The zero-order valence-corrected chi connectivity index (χ0v) is 12.6. The first-order chi connectivity index (χ1) is 9.10. The van der Waals surface area contributed by atoms with Crippen LogP contribution in [0.2, 0.25) is 0 Å². The molecule has 0 saturated heterocycles. The number of nitrogens with one attached hydrogen (secondary N) is 1. The maximum atomic E-state index is 11.5. The molecule has 0 bridgehead atoms. The van der Waals surface area contributed by atoms with E-state index >= 15 is 0 Å². The number of halogens is 1. The van der Waals surface area contributed by atoms with Crippen LogP contribution < -0.4 is 10.1 Å². The number of amides is 1. The Bertz CT molecular complexity index is 617. The summed E-state index contributed by atoms with van der Waals surface area (Å²) >= 11 is 2.14. The van der Waals surface area contributed by atoms with E-state index in [4.69, 9.17) is 4.74 Å². The minimum absolute atomic E-state index is 0.247. The molecule has 2 rings (SSSR count). The summed E-state index contributed by atoms with van der Waals surface area (Å²) in [6.45, 7) is 1.87. The zero-order valence-electron chi connectivity index (χ0n) is 10.5. The van der Waals surface area contributed by atoms with Crippen molar-refractivity contribution in [1.29, 1.82) is 0 Å². The molecule has 0 aliphatic carbocycles. The molecule has 5 nitrogen and oxygen atoms in total. The molecule has 0 unspecified atom stereocenters. The van der Waals surface area contributed by atoms with Gasteiger partial charge in [-0.15, -0.1) is 0 Å². The van der Waals surface area contributed by atoms with Gasteiger partial charge < -0.3 is 10.1 Å².